The Labute approximate surface area is 131 Å². The van der Waals surface area contributed by atoms with Crippen molar-refractivity contribution in [2.24, 2.45) is 5.73 Å². The average molecular weight is 310 g/mol. The van der Waals surface area contributed by atoms with Gasteiger partial charge in [-0.3, -0.25) is 4.79 Å². The molecule has 0 spiro atoms. The number of rotatable bonds is 10. The van der Waals surface area contributed by atoms with Crippen molar-refractivity contribution in [1.82, 2.24) is 5.32 Å². The zero-order valence-corrected chi connectivity index (χ0v) is 13.5. The van der Waals surface area contributed by atoms with Crippen LogP contribution in [0.4, 0.5) is 0 Å². The van der Waals surface area contributed by atoms with Crippen LogP contribution in [0.15, 0.2) is 18.2 Å². The maximum absolute atomic E-state index is 10.8. The molecule has 1 rings (SSSR count). The number of hydrogen-bond acceptors (Lipinski definition) is 5. The lowest BCUT2D eigenvalue weighted by molar-refractivity contribution is -0.117. The van der Waals surface area contributed by atoms with Crippen molar-refractivity contribution in [3.8, 4) is 11.5 Å². The van der Waals surface area contributed by atoms with E-state index in [-0.39, 0.29) is 12.5 Å². The number of hydrogen-bond donors (Lipinski definition) is 3. The second kappa shape index (κ2) is 9.27. The summed E-state index contributed by atoms with van der Waals surface area (Å²) in [6.07, 6.45) is 0.261. The van der Waals surface area contributed by atoms with Crippen LogP contribution < -0.4 is 20.5 Å². The summed E-state index contributed by atoms with van der Waals surface area (Å²) in [6.45, 7) is 4.68. The summed E-state index contributed by atoms with van der Waals surface area (Å²) < 4.78 is 10.9. The lowest BCUT2D eigenvalue weighted by Crippen LogP contribution is -2.35. The van der Waals surface area contributed by atoms with Crippen LogP contribution in [0.5, 0.6) is 11.5 Å². The Morgan fingerprint density at radius 2 is 2.09 bits per heavy atom. The third-order valence-electron chi connectivity index (χ3n) is 3.08. The largest absolute Gasteiger partial charge is 0.493 e. The summed E-state index contributed by atoms with van der Waals surface area (Å²) in [7, 11) is 1.55. The van der Waals surface area contributed by atoms with E-state index in [1.807, 2.05) is 26.0 Å². The molecule has 22 heavy (non-hydrogen) atoms. The number of carbonyl (C=O) groups excluding carboxylic acids is 1. The van der Waals surface area contributed by atoms with Gasteiger partial charge in [-0.25, -0.2) is 0 Å². The molecule has 4 N–H and O–H groups in total. The van der Waals surface area contributed by atoms with E-state index in [0.29, 0.717) is 36.9 Å². The predicted octanol–water partition coefficient (Wildman–Crippen LogP) is 0.851. The third kappa shape index (κ3) is 6.78. The first-order valence-corrected chi connectivity index (χ1v) is 7.41. The lowest BCUT2D eigenvalue weighted by atomic mass is 10.1. The minimum Gasteiger partial charge on any atom is -0.493 e. The molecule has 1 aromatic carbocycles. The molecule has 0 saturated heterocycles. The Bertz CT molecular complexity index is 477. The van der Waals surface area contributed by atoms with E-state index in [1.165, 1.54) is 0 Å². The molecule has 0 radical (unpaired) electrons. The van der Waals surface area contributed by atoms with E-state index in [1.54, 1.807) is 13.2 Å². The molecule has 1 aromatic rings. The SMILES string of the molecule is COc1cc(CCC(N)=O)ccc1OCC(O)CNC(C)C. The highest BCUT2D eigenvalue weighted by Crippen LogP contribution is 2.28. The molecule has 0 heterocycles. The third-order valence-corrected chi connectivity index (χ3v) is 3.08. The van der Waals surface area contributed by atoms with Gasteiger partial charge in [-0.1, -0.05) is 19.9 Å². The first-order valence-electron chi connectivity index (χ1n) is 7.41. The zero-order valence-electron chi connectivity index (χ0n) is 13.5. The van der Waals surface area contributed by atoms with Gasteiger partial charge in [-0.2, -0.15) is 0 Å². The molecule has 0 aromatic heterocycles. The van der Waals surface area contributed by atoms with E-state index < -0.39 is 6.10 Å². The van der Waals surface area contributed by atoms with E-state index in [4.69, 9.17) is 15.2 Å². The Balaban J connectivity index is 2.57. The van der Waals surface area contributed by atoms with Gasteiger partial charge >= 0.3 is 0 Å². The van der Waals surface area contributed by atoms with Crippen LogP contribution in [-0.4, -0.2) is 43.4 Å². The standard InChI is InChI=1S/C16H26N2O4/c1-11(2)18-9-13(19)10-22-14-6-4-12(5-7-16(17)20)8-15(14)21-3/h4,6,8,11,13,18-19H,5,7,9-10H2,1-3H3,(H2,17,20). The first kappa shape index (κ1) is 18.3. The van der Waals surface area contributed by atoms with Gasteiger partial charge < -0.3 is 25.6 Å². The van der Waals surface area contributed by atoms with Crippen LogP contribution in [0.3, 0.4) is 0 Å². The lowest BCUT2D eigenvalue weighted by Gasteiger charge is -2.16. The van der Waals surface area contributed by atoms with Crippen LogP contribution in [0.1, 0.15) is 25.8 Å². The van der Waals surface area contributed by atoms with Crippen LogP contribution in [0.2, 0.25) is 0 Å². The van der Waals surface area contributed by atoms with Crippen molar-refractivity contribution in [1.29, 1.82) is 0 Å². The van der Waals surface area contributed by atoms with Gasteiger partial charge in [-0.05, 0) is 24.1 Å². The van der Waals surface area contributed by atoms with Crippen molar-refractivity contribution >= 4 is 5.91 Å². The van der Waals surface area contributed by atoms with E-state index in [0.717, 1.165) is 5.56 Å². The monoisotopic (exact) mass is 310 g/mol. The number of carbonyl (C=O) groups is 1. The maximum atomic E-state index is 10.8. The fourth-order valence-electron chi connectivity index (χ4n) is 1.87. The molecule has 1 atom stereocenters. The Morgan fingerprint density at radius 1 is 1.36 bits per heavy atom. The summed E-state index contributed by atoms with van der Waals surface area (Å²) in [5.41, 5.74) is 6.09. The van der Waals surface area contributed by atoms with Gasteiger partial charge in [0.25, 0.3) is 0 Å². The van der Waals surface area contributed by atoms with Crippen LogP contribution >= 0.6 is 0 Å². The minimum absolute atomic E-state index is 0.177. The molecule has 1 unspecified atom stereocenters. The van der Waals surface area contributed by atoms with Crippen molar-refractivity contribution in [3.63, 3.8) is 0 Å². The molecular formula is C16H26N2O4. The summed E-state index contributed by atoms with van der Waals surface area (Å²) in [4.78, 5) is 10.8. The van der Waals surface area contributed by atoms with Crippen LogP contribution in [-0.2, 0) is 11.2 Å². The predicted molar refractivity (Wildman–Crippen MR) is 85.1 cm³/mol. The number of nitrogens with two attached hydrogens (primary N) is 1. The molecule has 124 valence electrons. The smallest absolute Gasteiger partial charge is 0.217 e. The molecule has 1 amide bonds. The molecule has 0 aliphatic carbocycles. The quantitative estimate of drug-likeness (QED) is 0.596. The number of aryl methyl sites for hydroxylation is 1. The number of nitrogens with one attached hydrogen (secondary N) is 1. The average Bonchev–Trinajstić information content (AvgIpc) is 2.48. The second-order valence-corrected chi connectivity index (χ2v) is 5.48. The molecular weight excluding hydrogens is 284 g/mol. The van der Waals surface area contributed by atoms with Crippen LogP contribution in [0, 0.1) is 0 Å². The number of amides is 1. The number of ether oxygens (including phenoxy) is 2. The van der Waals surface area contributed by atoms with Crippen molar-refractivity contribution in [2.45, 2.75) is 38.8 Å². The summed E-state index contributed by atoms with van der Waals surface area (Å²) in [5, 5.41) is 13.0. The minimum atomic E-state index is -0.596. The zero-order chi connectivity index (χ0) is 16.5. The second-order valence-electron chi connectivity index (χ2n) is 5.48. The number of aliphatic hydroxyl groups excluding tert-OH is 1. The van der Waals surface area contributed by atoms with Gasteiger partial charge in [-0.15, -0.1) is 0 Å². The summed E-state index contributed by atoms with van der Waals surface area (Å²) in [5.74, 6) is 0.806. The highest BCUT2D eigenvalue weighted by molar-refractivity contribution is 5.74. The highest BCUT2D eigenvalue weighted by atomic mass is 16.5. The van der Waals surface area contributed by atoms with Gasteiger partial charge in [0.2, 0.25) is 5.91 Å². The van der Waals surface area contributed by atoms with Gasteiger partial charge in [0.05, 0.1) is 7.11 Å². The van der Waals surface area contributed by atoms with E-state index >= 15 is 0 Å². The number of benzene rings is 1. The van der Waals surface area contributed by atoms with Crippen molar-refractivity contribution < 1.29 is 19.4 Å². The highest BCUT2D eigenvalue weighted by Gasteiger charge is 2.10. The van der Waals surface area contributed by atoms with Gasteiger partial charge in [0.15, 0.2) is 11.5 Å². The molecule has 0 aliphatic heterocycles. The van der Waals surface area contributed by atoms with Gasteiger partial charge in [0, 0.05) is 19.0 Å². The van der Waals surface area contributed by atoms with E-state index in [2.05, 4.69) is 5.32 Å². The molecule has 0 bridgehead atoms. The Kier molecular flexibility index (Phi) is 7.70. The molecule has 0 fully saturated rings. The number of primary amides is 1. The fourth-order valence-corrected chi connectivity index (χ4v) is 1.87. The molecule has 6 heteroatoms. The summed E-state index contributed by atoms with van der Waals surface area (Å²) in [6, 6.07) is 5.77. The van der Waals surface area contributed by atoms with E-state index in [9.17, 15) is 9.90 Å². The normalized spacial score (nSPS) is 12.2. The number of methoxy groups -OCH3 is 1. The summed E-state index contributed by atoms with van der Waals surface area (Å²) >= 11 is 0. The van der Waals surface area contributed by atoms with Crippen LogP contribution in [0.25, 0.3) is 0 Å². The molecule has 6 nitrogen and oxygen atoms in total. The number of aliphatic hydroxyl groups is 1. The first-order chi connectivity index (χ1) is 10.4. The van der Waals surface area contributed by atoms with Gasteiger partial charge in [0.1, 0.15) is 12.7 Å². The van der Waals surface area contributed by atoms with Crippen molar-refractivity contribution in [3.05, 3.63) is 23.8 Å². The Morgan fingerprint density at radius 3 is 2.68 bits per heavy atom. The molecule has 0 saturated carbocycles. The topological polar surface area (TPSA) is 93.8 Å². The molecule has 0 aliphatic rings. The maximum Gasteiger partial charge on any atom is 0.217 e. The fraction of sp³-hybridized carbons (Fsp3) is 0.562. The Hall–Kier alpha value is -1.79. The van der Waals surface area contributed by atoms with Crippen molar-refractivity contribution in [2.75, 3.05) is 20.3 Å².